The second kappa shape index (κ2) is 5.72. The predicted octanol–water partition coefficient (Wildman–Crippen LogP) is 3.82. The molecular formula is C15H18FNOS. The Balaban J connectivity index is 2.45. The van der Waals surface area contributed by atoms with Crippen molar-refractivity contribution in [3.05, 3.63) is 51.0 Å². The van der Waals surface area contributed by atoms with Crippen LogP contribution in [0.25, 0.3) is 0 Å². The van der Waals surface area contributed by atoms with Crippen molar-refractivity contribution in [2.24, 2.45) is 0 Å². The van der Waals surface area contributed by atoms with E-state index in [-0.39, 0.29) is 11.9 Å². The van der Waals surface area contributed by atoms with Crippen LogP contribution in [0.2, 0.25) is 0 Å². The number of methoxy groups -OCH3 is 1. The first-order chi connectivity index (χ1) is 9.06. The minimum absolute atomic E-state index is 0.129. The number of nitrogens with one attached hydrogen (secondary N) is 1. The van der Waals surface area contributed by atoms with Crippen molar-refractivity contribution in [3.63, 3.8) is 0 Å². The topological polar surface area (TPSA) is 21.3 Å². The van der Waals surface area contributed by atoms with Gasteiger partial charge in [-0.2, -0.15) is 0 Å². The van der Waals surface area contributed by atoms with Crippen LogP contribution in [0.15, 0.2) is 24.3 Å². The molecule has 1 atom stereocenters. The standard InChI is InChI=1S/C15H18FNOS/c1-9-7-13(10(2)19-9)15(17-3)12-6-5-11(18-4)8-14(12)16/h5-8,15,17H,1-4H3. The van der Waals surface area contributed by atoms with Gasteiger partial charge in [0.15, 0.2) is 0 Å². The van der Waals surface area contributed by atoms with E-state index in [4.69, 9.17) is 4.74 Å². The molecule has 19 heavy (non-hydrogen) atoms. The van der Waals surface area contributed by atoms with Crippen molar-refractivity contribution < 1.29 is 9.13 Å². The van der Waals surface area contributed by atoms with Crippen LogP contribution in [0.1, 0.15) is 26.9 Å². The average molecular weight is 279 g/mol. The Hall–Kier alpha value is -1.39. The second-order valence-corrected chi connectivity index (χ2v) is 5.94. The molecule has 0 aliphatic rings. The van der Waals surface area contributed by atoms with Gasteiger partial charge in [-0.05, 0) is 38.6 Å². The maximum Gasteiger partial charge on any atom is 0.132 e. The Morgan fingerprint density at radius 2 is 1.95 bits per heavy atom. The fraction of sp³-hybridized carbons (Fsp3) is 0.333. The van der Waals surface area contributed by atoms with Gasteiger partial charge >= 0.3 is 0 Å². The molecule has 0 spiro atoms. The largest absolute Gasteiger partial charge is 0.497 e. The summed E-state index contributed by atoms with van der Waals surface area (Å²) in [6, 6.07) is 6.98. The first-order valence-corrected chi connectivity index (χ1v) is 6.96. The van der Waals surface area contributed by atoms with Gasteiger partial charge in [-0.1, -0.05) is 6.07 Å². The monoisotopic (exact) mass is 279 g/mol. The van der Waals surface area contributed by atoms with Crippen molar-refractivity contribution in [1.29, 1.82) is 0 Å². The Morgan fingerprint density at radius 3 is 2.42 bits per heavy atom. The molecule has 2 nitrogen and oxygen atoms in total. The zero-order chi connectivity index (χ0) is 14.0. The van der Waals surface area contributed by atoms with Crippen LogP contribution in [0.5, 0.6) is 5.75 Å². The summed E-state index contributed by atoms with van der Waals surface area (Å²) in [5.74, 6) is 0.288. The fourth-order valence-electron chi connectivity index (χ4n) is 2.28. The maximum absolute atomic E-state index is 14.2. The molecule has 4 heteroatoms. The van der Waals surface area contributed by atoms with Gasteiger partial charge in [-0.3, -0.25) is 0 Å². The summed E-state index contributed by atoms with van der Waals surface area (Å²) >= 11 is 1.73. The molecule has 1 heterocycles. The van der Waals surface area contributed by atoms with Gasteiger partial charge in [0.1, 0.15) is 11.6 Å². The number of aryl methyl sites for hydroxylation is 2. The average Bonchev–Trinajstić information content (AvgIpc) is 2.71. The minimum Gasteiger partial charge on any atom is -0.497 e. The van der Waals surface area contributed by atoms with Crippen LogP contribution in [-0.4, -0.2) is 14.2 Å². The highest BCUT2D eigenvalue weighted by atomic mass is 32.1. The summed E-state index contributed by atoms with van der Waals surface area (Å²) in [6.07, 6.45) is 0. The SMILES string of the molecule is CNC(c1ccc(OC)cc1F)c1cc(C)sc1C. The normalized spacial score (nSPS) is 12.5. The Labute approximate surface area is 117 Å². The van der Waals surface area contributed by atoms with Crippen LogP contribution >= 0.6 is 11.3 Å². The highest BCUT2D eigenvalue weighted by molar-refractivity contribution is 7.12. The van der Waals surface area contributed by atoms with Gasteiger partial charge in [-0.25, -0.2) is 4.39 Å². The Morgan fingerprint density at radius 1 is 1.21 bits per heavy atom. The van der Waals surface area contributed by atoms with Gasteiger partial charge < -0.3 is 10.1 Å². The lowest BCUT2D eigenvalue weighted by Gasteiger charge is -2.18. The van der Waals surface area contributed by atoms with E-state index in [1.165, 1.54) is 22.9 Å². The molecule has 0 amide bonds. The molecule has 0 saturated carbocycles. The number of thiophene rings is 1. The summed E-state index contributed by atoms with van der Waals surface area (Å²) in [6.45, 7) is 4.14. The molecule has 1 aromatic carbocycles. The first kappa shape index (κ1) is 14.0. The third-order valence-electron chi connectivity index (χ3n) is 3.20. The molecule has 2 rings (SSSR count). The van der Waals surface area contributed by atoms with E-state index >= 15 is 0 Å². The third kappa shape index (κ3) is 2.80. The van der Waals surface area contributed by atoms with Crippen molar-refractivity contribution in [2.75, 3.05) is 14.2 Å². The van der Waals surface area contributed by atoms with E-state index in [0.29, 0.717) is 11.3 Å². The maximum atomic E-state index is 14.2. The van der Waals surface area contributed by atoms with Gasteiger partial charge in [0.05, 0.1) is 13.2 Å². The lowest BCUT2D eigenvalue weighted by atomic mass is 9.98. The molecule has 0 saturated heterocycles. The summed E-state index contributed by atoms with van der Waals surface area (Å²) in [5.41, 5.74) is 1.78. The Kier molecular flexibility index (Phi) is 4.22. The number of hydrogen-bond donors (Lipinski definition) is 1. The van der Waals surface area contributed by atoms with E-state index in [0.717, 1.165) is 5.56 Å². The van der Waals surface area contributed by atoms with E-state index in [1.54, 1.807) is 23.5 Å². The van der Waals surface area contributed by atoms with Crippen molar-refractivity contribution in [1.82, 2.24) is 5.32 Å². The zero-order valence-electron chi connectivity index (χ0n) is 11.6. The molecular weight excluding hydrogens is 261 g/mol. The molecule has 1 N–H and O–H groups in total. The minimum atomic E-state index is -0.248. The van der Waals surface area contributed by atoms with E-state index in [9.17, 15) is 4.39 Å². The van der Waals surface area contributed by atoms with Gasteiger partial charge in [0.25, 0.3) is 0 Å². The van der Waals surface area contributed by atoms with Crippen molar-refractivity contribution in [2.45, 2.75) is 19.9 Å². The smallest absolute Gasteiger partial charge is 0.132 e. The van der Waals surface area contributed by atoms with E-state index in [2.05, 4.69) is 25.2 Å². The molecule has 1 unspecified atom stereocenters. The van der Waals surface area contributed by atoms with Crippen LogP contribution in [0.3, 0.4) is 0 Å². The molecule has 1 aromatic heterocycles. The zero-order valence-corrected chi connectivity index (χ0v) is 12.4. The highest BCUT2D eigenvalue weighted by Crippen LogP contribution is 2.32. The van der Waals surface area contributed by atoms with E-state index in [1.807, 2.05) is 7.05 Å². The van der Waals surface area contributed by atoms with E-state index < -0.39 is 0 Å². The molecule has 0 fully saturated rings. The van der Waals surface area contributed by atoms with Crippen molar-refractivity contribution in [3.8, 4) is 5.75 Å². The summed E-state index contributed by atoms with van der Waals surface area (Å²) < 4.78 is 19.2. The summed E-state index contributed by atoms with van der Waals surface area (Å²) in [5, 5.41) is 3.19. The second-order valence-electron chi connectivity index (χ2n) is 4.48. The lowest BCUT2D eigenvalue weighted by Crippen LogP contribution is -2.19. The van der Waals surface area contributed by atoms with Crippen LogP contribution in [-0.2, 0) is 0 Å². The molecule has 2 aromatic rings. The molecule has 0 aliphatic heterocycles. The molecule has 0 aliphatic carbocycles. The van der Waals surface area contributed by atoms with Gasteiger partial charge in [-0.15, -0.1) is 11.3 Å². The number of ether oxygens (including phenoxy) is 1. The lowest BCUT2D eigenvalue weighted by molar-refractivity contribution is 0.410. The molecule has 0 bridgehead atoms. The van der Waals surface area contributed by atoms with Crippen LogP contribution in [0, 0.1) is 19.7 Å². The quantitative estimate of drug-likeness (QED) is 0.918. The Bertz CT molecular complexity index is 580. The fourth-order valence-corrected chi connectivity index (χ4v) is 3.25. The van der Waals surface area contributed by atoms with Gasteiger partial charge in [0.2, 0.25) is 0 Å². The predicted molar refractivity (Wildman–Crippen MR) is 77.6 cm³/mol. The van der Waals surface area contributed by atoms with Crippen LogP contribution < -0.4 is 10.1 Å². The van der Waals surface area contributed by atoms with Crippen molar-refractivity contribution >= 4 is 11.3 Å². The number of halogens is 1. The highest BCUT2D eigenvalue weighted by Gasteiger charge is 2.19. The molecule has 102 valence electrons. The summed E-state index contributed by atoms with van der Waals surface area (Å²) in [7, 11) is 3.39. The van der Waals surface area contributed by atoms with Crippen LogP contribution in [0.4, 0.5) is 4.39 Å². The number of benzene rings is 1. The number of rotatable bonds is 4. The van der Waals surface area contributed by atoms with Gasteiger partial charge in [0, 0.05) is 21.4 Å². The summed E-state index contributed by atoms with van der Waals surface area (Å²) in [4.78, 5) is 2.45. The number of hydrogen-bond acceptors (Lipinski definition) is 3. The first-order valence-electron chi connectivity index (χ1n) is 6.14. The molecule has 0 radical (unpaired) electrons. The third-order valence-corrected chi connectivity index (χ3v) is 4.18.